The number of hydrogen-bond acceptors (Lipinski definition) is 4. The van der Waals surface area contributed by atoms with E-state index < -0.39 is 20.8 Å². The number of sulfonamides is 1. The fourth-order valence-corrected chi connectivity index (χ4v) is 2.63. The Labute approximate surface area is 120 Å². The number of halogens is 1. The van der Waals surface area contributed by atoms with Crippen molar-refractivity contribution in [3.8, 4) is 0 Å². The van der Waals surface area contributed by atoms with Gasteiger partial charge in [-0.25, -0.2) is 17.5 Å². The Morgan fingerprint density at radius 3 is 2.14 bits per heavy atom. The van der Waals surface area contributed by atoms with E-state index in [0.717, 1.165) is 24.3 Å². The van der Waals surface area contributed by atoms with Crippen LogP contribution in [0.2, 0.25) is 0 Å². The Bertz CT molecular complexity index is 743. The summed E-state index contributed by atoms with van der Waals surface area (Å²) < 4.78 is 39.0. The topological polar surface area (TPSA) is 89.3 Å². The standard InChI is InChI=1S/C13H11FN2O4S/c14-11-3-7-13(8-4-11)21(19,20)15-9-10-1-5-12(6-2-10)16(17)18/h1-8,15H,9H2. The van der Waals surface area contributed by atoms with Gasteiger partial charge in [-0.1, -0.05) is 12.1 Å². The van der Waals surface area contributed by atoms with Crippen LogP contribution in [-0.2, 0) is 16.6 Å². The number of nitrogens with one attached hydrogen (secondary N) is 1. The van der Waals surface area contributed by atoms with Gasteiger partial charge < -0.3 is 0 Å². The molecule has 0 aromatic heterocycles. The van der Waals surface area contributed by atoms with Crippen LogP contribution < -0.4 is 4.72 Å². The average Bonchev–Trinajstić information content (AvgIpc) is 2.46. The maximum atomic E-state index is 12.8. The molecule has 0 saturated carbocycles. The highest BCUT2D eigenvalue weighted by Gasteiger charge is 2.13. The molecular formula is C13H11FN2O4S. The minimum Gasteiger partial charge on any atom is -0.258 e. The van der Waals surface area contributed by atoms with Crippen LogP contribution in [0.3, 0.4) is 0 Å². The van der Waals surface area contributed by atoms with Crippen molar-refractivity contribution in [1.29, 1.82) is 0 Å². The van der Waals surface area contributed by atoms with Crippen molar-refractivity contribution >= 4 is 15.7 Å². The molecule has 1 N–H and O–H groups in total. The highest BCUT2D eigenvalue weighted by Crippen LogP contribution is 2.13. The molecule has 0 aliphatic heterocycles. The van der Waals surface area contributed by atoms with E-state index in [9.17, 15) is 22.9 Å². The molecule has 0 atom stereocenters. The van der Waals surface area contributed by atoms with Crippen LogP contribution in [0, 0.1) is 15.9 Å². The Morgan fingerprint density at radius 1 is 1.05 bits per heavy atom. The van der Waals surface area contributed by atoms with Crippen LogP contribution in [0.4, 0.5) is 10.1 Å². The first-order chi connectivity index (χ1) is 9.88. The predicted octanol–water partition coefficient (Wildman–Crippen LogP) is 2.21. The van der Waals surface area contributed by atoms with Crippen molar-refractivity contribution in [3.63, 3.8) is 0 Å². The Balaban J connectivity index is 2.08. The molecule has 0 unspecified atom stereocenters. The zero-order chi connectivity index (χ0) is 15.5. The van der Waals surface area contributed by atoms with Crippen molar-refractivity contribution in [2.24, 2.45) is 0 Å². The van der Waals surface area contributed by atoms with Gasteiger partial charge in [-0.15, -0.1) is 0 Å². The van der Waals surface area contributed by atoms with E-state index in [1.807, 2.05) is 0 Å². The van der Waals surface area contributed by atoms with E-state index in [1.165, 1.54) is 24.3 Å². The van der Waals surface area contributed by atoms with Crippen LogP contribution in [0.5, 0.6) is 0 Å². The van der Waals surface area contributed by atoms with Gasteiger partial charge in [-0.2, -0.15) is 0 Å². The quantitative estimate of drug-likeness (QED) is 0.677. The van der Waals surface area contributed by atoms with Gasteiger partial charge in [-0.3, -0.25) is 10.1 Å². The summed E-state index contributed by atoms with van der Waals surface area (Å²) in [5.41, 5.74) is 0.506. The van der Waals surface area contributed by atoms with Crippen LogP contribution in [0.1, 0.15) is 5.56 Å². The van der Waals surface area contributed by atoms with Gasteiger partial charge in [0.25, 0.3) is 5.69 Å². The van der Waals surface area contributed by atoms with Gasteiger partial charge in [0.15, 0.2) is 0 Å². The number of benzene rings is 2. The molecule has 8 heteroatoms. The highest BCUT2D eigenvalue weighted by molar-refractivity contribution is 7.89. The maximum Gasteiger partial charge on any atom is 0.269 e. The fourth-order valence-electron chi connectivity index (χ4n) is 1.61. The number of nitro groups is 1. The van der Waals surface area contributed by atoms with Crippen LogP contribution in [0.25, 0.3) is 0 Å². The Hall–Kier alpha value is -2.32. The first-order valence-corrected chi connectivity index (χ1v) is 7.35. The van der Waals surface area contributed by atoms with E-state index in [4.69, 9.17) is 0 Å². The number of nitrogens with zero attached hydrogens (tertiary/aromatic N) is 1. The van der Waals surface area contributed by atoms with Crippen molar-refractivity contribution < 1.29 is 17.7 Å². The molecule has 0 heterocycles. The molecule has 0 fully saturated rings. The maximum absolute atomic E-state index is 12.8. The Morgan fingerprint density at radius 2 is 1.62 bits per heavy atom. The van der Waals surface area contributed by atoms with Crippen LogP contribution >= 0.6 is 0 Å². The molecule has 0 amide bonds. The van der Waals surface area contributed by atoms with Crippen LogP contribution in [0.15, 0.2) is 53.4 Å². The van der Waals surface area contributed by atoms with E-state index in [2.05, 4.69) is 4.72 Å². The van der Waals surface area contributed by atoms with E-state index in [-0.39, 0.29) is 17.1 Å². The number of hydrogen-bond donors (Lipinski definition) is 1. The average molecular weight is 310 g/mol. The lowest BCUT2D eigenvalue weighted by molar-refractivity contribution is -0.384. The number of nitro benzene ring substituents is 1. The SMILES string of the molecule is O=[N+]([O-])c1ccc(CNS(=O)(=O)c2ccc(F)cc2)cc1. The summed E-state index contributed by atoms with van der Waals surface area (Å²) in [5.74, 6) is -0.524. The zero-order valence-electron chi connectivity index (χ0n) is 10.7. The molecule has 110 valence electrons. The van der Waals surface area contributed by atoms with Gasteiger partial charge in [0.1, 0.15) is 5.82 Å². The van der Waals surface area contributed by atoms with Crippen LogP contribution in [-0.4, -0.2) is 13.3 Å². The summed E-state index contributed by atoms with van der Waals surface area (Å²) in [6.07, 6.45) is 0. The molecule has 21 heavy (non-hydrogen) atoms. The second kappa shape index (κ2) is 5.98. The molecule has 2 aromatic carbocycles. The zero-order valence-corrected chi connectivity index (χ0v) is 11.5. The van der Waals surface area contributed by atoms with Crippen molar-refractivity contribution in [1.82, 2.24) is 4.72 Å². The molecule has 0 aliphatic rings. The lowest BCUT2D eigenvalue weighted by atomic mass is 10.2. The minimum absolute atomic E-state index is 0.0162. The summed E-state index contributed by atoms with van der Waals surface area (Å²) in [6, 6.07) is 9.95. The Kier molecular flexibility index (Phi) is 4.29. The molecule has 0 spiro atoms. The second-order valence-electron chi connectivity index (χ2n) is 4.20. The highest BCUT2D eigenvalue weighted by atomic mass is 32.2. The molecule has 0 radical (unpaired) electrons. The lowest BCUT2D eigenvalue weighted by Gasteiger charge is -2.06. The van der Waals surface area contributed by atoms with Crippen molar-refractivity contribution in [3.05, 3.63) is 70.0 Å². The predicted molar refractivity (Wildman–Crippen MR) is 73.5 cm³/mol. The van der Waals surface area contributed by atoms with E-state index in [1.54, 1.807) is 0 Å². The summed E-state index contributed by atoms with van der Waals surface area (Å²) in [6.45, 7) is -0.0162. The first-order valence-electron chi connectivity index (χ1n) is 5.87. The minimum atomic E-state index is -3.75. The van der Waals surface area contributed by atoms with Gasteiger partial charge >= 0.3 is 0 Å². The van der Waals surface area contributed by atoms with Crippen molar-refractivity contribution in [2.45, 2.75) is 11.4 Å². The van der Waals surface area contributed by atoms with E-state index >= 15 is 0 Å². The third-order valence-electron chi connectivity index (χ3n) is 2.74. The summed E-state index contributed by atoms with van der Waals surface area (Å²) in [5, 5.41) is 10.5. The second-order valence-corrected chi connectivity index (χ2v) is 5.97. The monoisotopic (exact) mass is 310 g/mol. The lowest BCUT2D eigenvalue weighted by Crippen LogP contribution is -2.23. The fraction of sp³-hybridized carbons (Fsp3) is 0.0769. The molecule has 2 rings (SSSR count). The normalized spacial score (nSPS) is 11.3. The summed E-state index contributed by atoms with van der Waals surface area (Å²) >= 11 is 0. The summed E-state index contributed by atoms with van der Waals surface area (Å²) in [4.78, 5) is 9.92. The largest absolute Gasteiger partial charge is 0.269 e. The van der Waals surface area contributed by atoms with Crippen molar-refractivity contribution in [2.75, 3.05) is 0 Å². The van der Waals surface area contributed by atoms with E-state index in [0.29, 0.717) is 5.56 Å². The smallest absolute Gasteiger partial charge is 0.258 e. The molecule has 6 nitrogen and oxygen atoms in total. The molecule has 2 aromatic rings. The molecule has 0 saturated heterocycles. The molecular weight excluding hydrogens is 299 g/mol. The van der Waals surface area contributed by atoms with Gasteiger partial charge in [-0.05, 0) is 29.8 Å². The van der Waals surface area contributed by atoms with Gasteiger partial charge in [0.2, 0.25) is 10.0 Å². The molecule has 0 aliphatic carbocycles. The van der Waals surface area contributed by atoms with Gasteiger partial charge in [0, 0.05) is 18.7 Å². The molecule has 0 bridgehead atoms. The third kappa shape index (κ3) is 3.83. The summed E-state index contributed by atoms with van der Waals surface area (Å²) in [7, 11) is -3.75. The first kappa shape index (κ1) is 15.1. The van der Waals surface area contributed by atoms with Gasteiger partial charge in [0.05, 0.1) is 9.82 Å². The number of non-ortho nitro benzene ring substituents is 1. The number of rotatable bonds is 5. The third-order valence-corrected chi connectivity index (χ3v) is 4.15.